The van der Waals surface area contributed by atoms with Crippen LogP contribution in [0, 0.1) is 0 Å². The molecule has 1 saturated heterocycles. The second kappa shape index (κ2) is 10.4. The zero-order chi connectivity index (χ0) is 27.0. The molecule has 0 N–H and O–H groups in total. The molecule has 200 valence electrons. The number of para-hydroxylation sites is 1. The maximum Gasteiger partial charge on any atom is 0.258 e. The van der Waals surface area contributed by atoms with Crippen LogP contribution in [0.15, 0.2) is 53.6 Å². The van der Waals surface area contributed by atoms with Crippen LogP contribution < -0.4 is 4.90 Å². The Morgan fingerprint density at radius 2 is 1.79 bits per heavy atom. The number of hydrogen-bond acceptors (Lipinski definition) is 5. The highest BCUT2D eigenvalue weighted by Gasteiger charge is 2.33. The van der Waals surface area contributed by atoms with Crippen molar-refractivity contribution in [2.75, 3.05) is 51.3 Å². The molecule has 1 aromatic heterocycles. The van der Waals surface area contributed by atoms with Crippen molar-refractivity contribution in [1.82, 2.24) is 13.8 Å². The lowest BCUT2D eigenvalue weighted by atomic mass is 10.0. The van der Waals surface area contributed by atoms with E-state index in [2.05, 4.69) is 0 Å². The Kier molecular flexibility index (Phi) is 7.13. The molecular formula is C28H32N4O5S. The molecule has 1 fully saturated rings. The summed E-state index contributed by atoms with van der Waals surface area (Å²) in [6, 6.07) is 12.6. The van der Waals surface area contributed by atoms with Gasteiger partial charge >= 0.3 is 0 Å². The Bertz CT molecular complexity index is 1530. The lowest BCUT2D eigenvalue weighted by Gasteiger charge is -2.26. The minimum atomic E-state index is -3.72. The van der Waals surface area contributed by atoms with E-state index in [4.69, 9.17) is 4.74 Å². The molecule has 0 spiro atoms. The summed E-state index contributed by atoms with van der Waals surface area (Å²) in [7, 11) is -2.04. The van der Waals surface area contributed by atoms with E-state index in [0.29, 0.717) is 56.2 Å². The van der Waals surface area contributed by atoms with Crippen molar-refractivity contribution >= 4 is 50.1 Å². The summed E-state index contributed by atoms with van der Waals surface area (Å²) >= 11 is 0. The molecule has 5 rings (SSSR count). The highest BCUT2D eigenvalue weighted by atomic mass is 32.2. The van der Waals surface area contributed by atoms with Crippen molar-refractivity contribution in [3.63, 3.8) is 0 Å². The Morgan fingerprint density at radius 1 is 1.08 bits per heavy atom. The highest BCUT2D eigenvalue weighted by molar-refractivity contribution is 7.89. The SMILES string of the molecule is CCN(CC)C(=O)Cn1cc(C=C2C(=O)N(C)c3ccc(S(=O)(=O)N4CCOCC4)cc32)c2ccccc21. The summed E-state index contributed by atoms with van der Waals surface area (Å²) < 4.78 is 35.3. The van der Waals surface area contributed by atoms with E-state index < -0.39 is 10.0 Å². The number of anilines is 1. The van der Waals surface area contributed by atoms with Gasteiger partial charge in [0.1, 0.15) is 6.54 Å². The van der Waals surface area contributed by atoms with E-state index in [1.165, 1.54) is 9.21 Å². The standard InChI is InChI=1S/C28H32N4O5S/c1-4-30(5-2)27(33)19-31-18-20(22-8-6-7-9-26(22)31)16-24-23-17-21(10-11-25(23)29(3)28(24)34)38(35,36)32-12-14-37-15-13-32/h6-11,16-18H,4-5,12-15,19H2,1-3H3. The molecule has 0 radical (unpaired) electrons. The Labute approximate surface area is 222 Å². The predicted octanol–water partition coefficient (Wildman–Crippen LogP) is 3.05. The number of morpholine rings is 1. The number of amides is 2. The average molecular weight is 537 g/mol. The van der Waals surface area contributed by atoms with Gasteiger partial charge in [0.25, 0.3) is 5.91 Å². The van der Waals surface area contributed by atoms with Crippen LogP contribution in [0.25, 0.3) is 22.6 Å². The molecule has 3 heterocycles. The Morgan fingerprint density at radius 3 is 2.50 bits per heavy atom. The number of carbonyl (C=O) groups is 2. The van der Waals surface area contributed by atoms with Crippen molar-refractivity contribution < 1.29 is 22.7 Å². The normalized spacial score (nSPS) is 17.4. The molecule has 9 nitrogen and oxygen atoms in total. The number of rotatable bonds is 7. The molecule has 2 aliphatic heterocycles. The number of hydrogen-bond donors (Lipinski definition) is 0. The molecule has 10 heteroatoms. The summed E-state index contributed by atoms with van der Waals surface area (Å²) in [4.78, 5) is 29.7. The van der Waals surface area contributed by atoms with Crippen molar-refractivity contribution in [1.29, 1.82) is 0 Å². The van der Waals surface area contributed by atoms with E-state index in [1.807, 2.05) is 48.9 Å². The van der Waals surface area contributed by atoms with Gasteiger partial charge in [-0.15, -0.1) is 0 Å². The monoisotopic (exact) mass is 536 g/mol. The molecule has 0 saturated carbocycles. The first-order chi connectivity index (χ1) is 18.3. The fourth-order valence-corrected chi connectivity index (χ4v) is 6.60. The largest absolute Gasteiger partial charge is 0.379 e. The molecule has 0 atom stereocenters. The smallest absolute Gasteiger partial charge is 0.258 e. The van der Waals surface area contributed by atoms with E-state index >= 15 is 0 Å². The highest BCUT2D eigenvalue weighted by Crippen LogP contribution is 2.39. The van der Waals surface area contributed by atoms with Crippen LogP contribution in [0.2, 0.25) is 0 Å². The van der Waals surface area contributed by atoms with Crippen molar-refractivity contribution in [2.45, 2.75) is 25.3 Å². The summed E-state index contributed by atoms with van der Waals surface area (Å²) in [6.07, 6.45) is 3.69. The van der Waals surface area contributed by atoms with Crippen molar-refractivity contribution in [2.24, 2.45) is 0 Å². The lowest BCUT2D eigenvalue weighted by molar-refractivity contribution is -0.131. The van der Waals surface area contributed by atoms with Crippen LogP contribution in [0.4, 0.5) is 5.69 Å². The van der Waals surface area contributed by atoms with Crippen LogP contribution in [0.5, 0.6) is 0 Å². The van der Waals surface area contributed by atoms with E-state index in [-0.39, 0.29) is 23.3 Å². The van der Waals surface area contributed by atoms with Gasteiger partial charge in [-0.25, -0.2) is 8.42 Å². The van der Waals surface area contributed by atoms with E-state index in [1.54, 1.807) is 36.2 Å². The van der Waals surface area contributed by atoms with Gasteiger partial charge in [0, 0.05) is 67.0 Å². The molecule has 0 bridgehead atoms. The van der Waals surface area contributed by atoms with Gasteiger partial charge in [0.05, 0.1) is 23.8 Å². The van der Waals surface area contributed by atoms with Crippen LogP contribution in [-0.4, -0.2) is 80.4 Å². The van der Waals surface area contributed by atoms with Crippen molar-refractivity contribution in [3.8, 4) is 0 Å². The molecule has 3 aromatic rings. The van der Waals surface area contributed by atoms with Gasteiger partial charge < -0.3 is 19.1 Å². The minimum absolute atomic E-state index is 0.0231. The molecule has 2 amide bonds. The summed E-state index contributed by atoms with van der Waals surface area (Å²) in [6.45, 7) is 6.69. The molecule has 0 unspecified atom stereocenters. The Balaban J connectivity index is 1.57. The maximum atomic E-state index is 13.3. The number of nitrogens with zero attached hydrogens (tertiary/aromatic N) is 4. The molecular weight excluding hydrogens is 504 g/mol. The van der Waals surface area contributed by atoms with E-state index in [0.717, 1.165) is 16.5 Å². The fraction of sp³-hybridized carbons (Fsp3) is 0.357. The second-order valence-electron chi connectivity index (χ2n) is 9.41. The number of carbonyl (C=O) groups excluding carboxylic acids is 2. The summed E-state index contributed by atoms with van der Waals surface area (Å²) in [5.74, 6) is -0.188. The number of fused-ring (bicyclic) bond motifs is 2. The van der Waals surface area contributed by atoms with Crippen LogP contribution in [0.3, 0.4) is 0 Å². The molecule has 2 aromatic carbocycles. The molecule has 38 heavy (non-hydrogen) atoms. The summed E-state index contributed by atoms with van der Waals surface area (Å²) in [5.41, 5.74) is 3.33. The third-order valence-corrected chi connectivity index (χ3v) is 9.20. The maximum absolute atomic E-state index is 13.3. The number of benzene rings is 2. The average Bonchev–Trinajstić information content (AvgIpc) is 3.39. The Hall–Kier alpha value is -3.47. The third-order valence-electron chi connectivity index (χ3n) is 7.30. The van der Waals surface area contributed by atoms with Gasteiger partial charge in [0.2, 0.25) is 15.9 Å². The van der Waals surface area contributed by atoms with Crippen LogP contribution >= 0.6 is 0 Å². The number of likely N-dealkylation sites (N-methyl/N-ethyl adjacent to an activating group) is 2. The fourth-order valence-electron chi connectivity index (χ4n) is 5.16. The molecule has 0 aliphatic carbocycles. The van der Waals surface area contributed by atoms with Crippen LogP contribution in [0.1, 0.15) is 25.0 Å². The van der Waals surface area contributed by atoms with Crippen LogP contribution in [-0.2, 0) is 30.9 Å². The predicted molar refractivity (Wildman–Crippen MR) is 147 cm³/mol. The number of sulfonamides is 1. The minimum Gasteiger partial charge on any atom is -0.379 e. The first kappa shape index (κ1) is 26.1. The second-order valence-corrected chi connectivity index (χ2v) is 11.4. The van der Waals surface area contributed by atoms with E-state index in [9.17, 15) is 18.0 Å². The quantitative estimate of drug-likeness (QED) is 0.433. The van der Waals surface area contributed by atoms with Gasteiger partial charge in [-0.3, -0.25) is 9.59 Å². The first-order valence-corrected chi connectivity index (χ1v) is 14.3. The van der Waals surface area contributed by atoms with Gasteiger partial charge in [-0.1, -0.05) is 18.2 Å². The number of ether oxygens (including phenoxy) is 1. The van der Waals surface area contributed by atoms with Gasteiger partial charge in [-0.2, -0.15) is 4.31 Å². The zero-order valence-corrected chi connectivity index (χ0v) is 22.7. The van der Waals surface area contributed by atoms with Gasteiger partial charge in [0.15, 0.2) is 0 Å². The van der Waals surface area contributed by atoms with Crippen molar-refractivity contribution in [3.05, 3.63) is 59.8 Å². The topological polar surface area (TPSA) is 92.2 Å². The zero-order valence-electron chi connectivity index (χ0n) is 21.9. The molecule has 2 aliphatic rings. The first-order valence-electron chi connectivity index (χ1n) is 12.8. The lowest BCUT2D eigenvalue weighted by Crippen LogP contribution is -2.40. The van der Waals surface area contributed by atoms with Gasteiger partial charge in [-0.05, 0) is 44.2 Å². The summed E-state index contributed by atoms with van der Waals surface area (Å²) in [5, 5.41) is 0.911. The number of aromatic nitrogens is 1. The third kappa shape index (κ3) is 4.53.